The maximum absolute atomic E-state index is 11.2. The van der Waals surface area contributed by atoms with E-state index in [1.807, 2.05) is 0 Å². The van der Waals surface area contributed by atoms with Gasteiger partial charge in [0.25, 0.3) is 0 Å². The number of aromatic nitrogens is 1. The zero-order valence-corrected chi connectivity index (χ0v) is 8.15. The molecule has 0 aliphatic carbocycles. The van der Waals surface area contributed by atoms with E-state index >= 15 is 0 Å². The van der Waals surface area contributed by atoms with Crippen LogP contribution in [0.2, 0.25) is 0 Å². The van der Waals surface area contributed by atoms with Gasteiger partial charge in [0, 0.05) is 6.07 Å². The number of hydrogen-bond acceptors (Lipinski definition) is 4. The fourth-order valence-corrected chi connectivity index (χ4v) is 0.831. The second-order valence-electron chi connectivity index (χ2n) is 2.87. The Labute approximate surface area is 82.3 Å². The minimum Gasteiger partial charge on any atom is -0.481 e. The molecule has 5 heteroatoms. The molecule has 14 heavy (non-hydrogen) atoms. The largest absolute Gasteiger partial charge is 0.481 e. The number of anilines is 1. The van der Waals surface area contributed by atoms with Gasteiger partial charge in [-0.05, 0) is 13.0 Å². The highest BCUT2D eigenvalue weighted by molar-refractivity contribution is 5.94. The summed E-state index contributed by atoms with van der Waals surface area (Å²) in [4.78, 5) is 15.1. The van der Waals surface area contributed by atoms with E-state index in [1.165, 1.54) is 13.3 Å². The first-order valence-electron chi connectivity index (χ1n) is 4.20. The predicted octanol–water partition coefficient (Wildman–Crippen LogP) is 0.376. The SMILES string of the molecule is COc1ccc(NC(=O)[C@H](C)N)cn1. The first-order valence-corrected chi connectivity index (χ1v) is 4.20. The van der Waals surface area contributed by atoms with E-state index in [-0.39, 0.29) is 5.91 Å². The molecule has 1 rings (SSSR count). The van der Waals surface area contributed by atoms with E-state index in [0.717, 1.165) is 0 Å². The molecule has 0 saturated carbocycles. The minimum atomic E-state index is -0.530. The van der Waals surface area contributed by atoms with E-state index in [4.69, 9.17) is 10.5 Å². The zero-order valence-electron chi connectivity index (χ0n) is 8.15. The molecule has 0 bridgehead atoms. The lowest BCUT2D eigenvalue weighted by Gasteiger charge is -2.07. The van der Waals surface area contributed by atoms with Crippen molar-refractivity contribution in [3.05, 3.63) is 18.3 Å². The van der Waals surface area contributed by atoms with Gasteiger partial charge in [-0.15, -0.1) is 0 Å². The Morgan fingerprint density at radius 3 is 2.79 bits per heavy atom. The number of pyridine rings is 1. The van der Waals surface area contributed by atoms with Crippen molar-refractivity contribution in [3.63, 3.8) is 0 Å². The van der Waals surface area contributed by atoms with Gasteiger partial charge in [0.1, 0.15) is 0 Å². The molecular weight excluding hydrogens is 182 g/mol. The average Bonchev–Trinajstić information content (AvgIpc) is 2.19. The standard InChI is InChI=1S/C9H13N3O2/c1-6(10)9(13)12-7-3-4-8(14-2)11-5-7/h3-6H,10H2,1-2H3,(H,12,13)/t6-/m0/s1. The van der Waals surface area contributed by atoms with Gasteiger partial charge in [-0.3, -0.25) is 4.79 Å². The molecule has 5 nitrogen and oxygen atoms in total. The van der Waals surface area contributed by atoms with E-state index in [9.17, 15) is 4.79 Å². The van der Waals surface area contributed by atoms with Crippen molar-refractivity contribution in [1.29, 1.82) is 0 Å². The Morgan fingerprint density at radius 2 is 2.36 bits per heavy atom. The number of carbonyl (C=O) groups is 1. The number of amides is 1. The number of ether oxygens (including phenoxy) is 1. The Bertz CT molecular complexity index is 308. The van der Waals surface area contributed by atoms with Crippen LogP contribution in [0.3, 0.4) is 0 Å². The van der Waals surface area contributed by atoms with Crippen LogP contribution >= 0.6 is 0 Å². The Kier molecular flexibility index (Phi) is 3.41. The molecule has 1 amide bonds. The lowest BCUT2D eigenvalue weighted by molar-refractivity contribution is -0.117. The Morgan fingerprint density at radius 1 is 1.64 bits per heavy atom. The van der Waals surface area contributed by atoms with Crippen molar-refractivity contribution < 1.29 is 9.53 Å². The number of rotatable bonds is 3. The highest BCUT2D eigenvalue weighted by Crippen LogP contribution is 2.10. The van der Waals surface area contributed by atoms with Gasteiger partial charge in [0.15, 0.2) is 0 Å². The van der Waals surface area contributed by atoms with E-state index in [2.05, 4.69) is 10.3 Å². The fraction of sp³-hybridized carbons (Fsp3) is 0.333. The molecular formula is C9H13N3O2. The van der Waals surface area contributed by atoms with Crippen LogP contribution in [0.25, 0.3) is 0 Å². The summed E-state index contributed by atoms with van der Waals surface area (Å²) in [6.45, 7) is 1.62. The molecule has 76 valence electrons. The normalized spacial score (nSPS) is 11.9. The molecule has 1 aromatic heterocycles. The van der Waals surface area contributed by atoms with Crippen LogP contribution in [0.1, 0.15) is 6.92 Å². The smallest absolute Gasteiger partial charge is 0.241 e. The third kappa shape index (κ3) is 2.70. The molecule has 0 aliphatic rings. The molecule has 0 spiro atoms. The predicted molar refractivity (Wildman–Crippen MR) is 53.1 cm³/mol. The maximum Gasteiger partial charge on any atom is 0.241 e. The topological polar surface area (TPSA) is 77.2 Å². The zero-order chi connectivity index (χ0) is 10.6. The molecule has 3 N–H and O–H groups in total. The molecule has 0 saturated heterocycles. The summed E-state index contributed by atoms with van der Waals surface area (Å²) in [5.41, 5.74) is 5.99. The van der Waals surface area contributed by atoms with Crippen molar-refractivity contribution in [2.75, 3.05) is 12.4 Å². The summed E-state index contributed by atoms with van der Waals surface area (Å²) in [6, 6.07) is 2.83. The molecule has 1 aromatic rings. The number of hydrogen-bond donors (Lipinski definition) is 2. The number of carbonyl (C=O) groups excluding carboxylic acids is 1. The highest BCUT2D eigenvalue weighted by Gasteiger charge is 2.07. The van der Waals surface area contributed by atoms with E-state index < -0.39 is 6.04 Å². The van der Waals surface area contributed by atoms with Crippen molar-refractivity contribution >= 4 is 11.6 Å². The molecule has 0 radical (unpaired) electrons. The molecule has 1 heterocycles. The summed E-state index contributed by atoms with van der Waals surface area (Å²) in [6.07, 6.45) is 1.51. The van der Waals surface area contributed by atoms with E-state index in [0.29, 0.717) is 11.6 Å². The first kappa shape index (κ1) is 10.5. The van der Waals surface area contributed by atoms with Crippen LogP contribution in [0.4, 0.5) is 5.69 Å². The van der Waals surface area contributed by atoms with Crippen LogP contribution in [-0.4, -0.2) is 24.0 Å². The quantitative estimate of drug-likeness (QED) is 0.730. The van der Waals surface area contributed by atoms with Crippen molar-refractivity contribution in [2.45, 2.75) is 13.0 Å². The van der Waals surface area contributed by atoms with Crippen LogP contribution in [-0.2, 0) is 4.79 Å². The number of nitrogens with one attached hydrogen (secondary N) is 1. The first-order chi connectivity index (χ1) is 6.63. The van der Waals surface area contributed by atoms with Crippen LogP contribution in [0.5, 0.6) is 5.88 Å². The number of nitrogens with two attached hydrogens (primary N) is 1. The van der Waals surface area contributed by atoms with Crippen molar-refractivity contribution in [2.24, 2.45) is 5.73 Å². The minimum absolute atomic E-state index is 0.239. The summed E-state index contributed by atoms with van der Waals surface area (Å²) in [5, 5.41) is 2.61. The number of nitrogens with zero attached hydrogens (tertiary/aromatic N) is 1. The summed E-state index contributed by atoms with van der Waals surface area (Å²) < 4.78 is 4.87. The third-order valence-electron chi connectivity index (χ3n) is 1.63. The Balaban J connectivity index is 2.64. The molecule has 1 atom stereocenters. The molecule has 0 aromatic carbocycles. The van der Waals surface area contributed by atoms with Gasteiger partial charge in [0.05, 0.1) is 25.0 Å². The van der Waals surface area contributed by atoms with Gasteiger partial charge in [-0.25, -0.2) is 4.98 Å². The summed E-state index contributed by atoms with van der Waals surface area (Å²) in [7, 11) is 1.53. The van der Waals surface area contributed by atoms with E-state index in [1.54, 1.807) is 19.1 Å². The van der Waals surface area contributed by atoms with Crippen molar-refractivity contribution in [3.8, 4) is 5.88 Å². The molecule has 0 unspecified atom stereocenters. The summed E-state index contributed by atoms with van der Waals surface area (Å²) >= 11 is 0. The van der Waals surface area contributed by atoms with Gasteiger partial charge >= 0.3 is 0 Å². The third-order valence-corrected chi connectivity index (χ3v) is 1.63. The lowest BCUT2D eigenvalue weighted by atomic mass is 10.3. The maximum atomic E-state index is 11.2. The van der Waals surface area contributed by atoms with Gasteiger partial charge < -0.3 is 15.8 Å². The summed E-state index contributed by atoms with van der Waals surface area (Å²) in [5.74, 6) is 0.265. The monoisotopic (exact) mass is 195 g/mol. The highest BCUT2D eigenvalue weighted by atomic mass is 16.5. The fourth-order valence-electron chi connectivity index (χ4n) is 0.831. The van der Waals surface area contributed by atoms with Gasteiger partial charge in [-0.2, -0.15) is 0 Å². The van der Waals surface area contributed by atoms with Crippen LogP contribution in [0, 0.1) is 0 Å². The number of methoxy groups -OCH3 is 1. The van der Waals surface area contributed by atoms with Crippen LogP contribution < -0.4 is 15.8 Å². The van der Waals surface area contributed by atoms with Gasteiger partial charge in [-0.1, -0.05) is 0 Å². The van der Waals surface area contributed by atoms with Gasteiger partial charge in [0.2, 0.25) is 11.8 Å². The molecule has 0 aliphatic heterocycles. The lowest BCUT2D eigenvalue weighted by Crippen LogP contribution is -2.32. The molecule has 0 fully saturated rings. The Hall–Kier alpha value is -1.62. The average molecular weight is 195 g/mol. The second-order valence-corrected chi connectivity index (χ2v) is 2.87. The van der Waals surface area contributed by atoms with Crippen molar-refractivity contribution in [1.82, 2.24) is 4.98 Å². The van der Waals surface area contributed by atoms with Crippen LogP contribution in [0.15, 0.2) is 18.3 Å². The second kappa shape index (κ2) is 4.57.